The molecule has 3 aromatic rings. The Hall–Kier alpha value is -2.83. The zero-order valence-electron chi connectivity index (χ0n) is 14.1. The molecule has 0 aliphatic heterocycles. The molecule has 0 aliphatic rings. The lowest BCUT2D eigenvalue weighted by Gasteiger charge is -2.11. The smallest absolute Gasteiger partial charge is 0.261 e. The lowest BCUT2D eigenvalue weighted by atomic mass is 10.1. The van der Waals surface area contributed by atoms with Crippen molar-refractivity contribution in [1.82, 2.24) is 0 Å². The van der Waals surface area contributed by atoms with Gasteiger partial charge >= 0.3 is 0 Å². The SMILES string of the molecule is O=C(COc1ccc(S(=O)(=O)Nc2ccccc2)cc1Cl)c1ccccc1. The highest BCUT2D eigenvalue weighted by Gasteiger charge is 2.17. The first-order valence-corrected chi connectivity index (χ1v) is 9.90. The fourth-order valence-corrected chi connectivity index (χ4v) is 3.72. The third-order valence-corrected chi connectivity index (χ3v) is 5.37. The topological polar surface area (TPSA) is 72.5 Å². The van der Waals surface area contributed by atoms with E-state index in [1.54, 1.807) is 54.6 Å². The van der Waals surface area contributed by atoms with Gasteiger partial charge in [-0.05, 0) is 30.3 Å². The van der Waals surface area contributed by atoms with Crippen molar-refractivity contribution in [3.05, 3.63) is 89.4 Å². The van der Waals surface area contributed by atoms with Crippen molar-refractivity contribution >= 4 is 33.1 Å². The summed E-state index contributed by atoms with van der Waals surface area (Å²) in [5.74, 6) is 0.0358. The minimum Gasteiger partial charge on any atom is -0.484 e. The Balaban J connectivity index is 1.71. The average molecular weight is 402 g/mol. The molecular formula is C20H16ClNO4S. The van der Waals surface area contributed by atoms with E-state index < -0.39 is 10.0 Å². The Morgan fingerprint density at radius 1 is 0.926 bits per heavy atom. The minimum atomic E-state index is -3.78. The third kappa shape index (κ3) is 4.87. The molecule has 27 heavy (non-hydrogen) atoms. The van der Waals surface area contributed by atoms with Crippen LogP contribution in [0.15, 0.2) is 83.8 Å². The number of carbonyl (C=O) groups excluding carboxylic acids is 1. The van der Waals surface area contributed by atoms with Gasteiger partial charge in [0, 0.05) is 11.3 Å². The van der Waals surface area contributed by atoms with E-state index in [2.05, 4.69) is 4.72 Å². The van der Waals surface area contributed by atoms with Crippen molar-refractivity contribution in [2.24, 2.45) is 0 Å². The Kier molecular flexibility index (Phi) is 5.78. The second-order valence-corrected chi connectivity index (χ2v) is 7.73. The minimum absolute atomic E-state index is 0.00177. The van der Waals surface area contributed by atoms with E-state index in [9.17, 15) is 13.2 Å². The van der Waals surface area contributed by atoms with Gasteiger partial charge in [0.2, 0.25) is 0 Å². The zero-order valence-corrected chi connectivity index (χ0v) is 15.7. The fourth-order valence-electron chi connectivity index (χ4n) is 2.34. The molecule has 0 amide bonds. The summed E-state index contributed by atoms with van der Waals surface area (Å²) < 4.78 is 32.8. The number of nitrogens with one attached hydrogen (secondary N) is 1. The number of ketones is 1. The Morgan fingerprint density at radius 2 is 1.56 bits per heavy atom. The normalized spacial score (nSPS) is 11.0. The molecular weight excluding hydrogens is 386 g/mol. The molecule has 3 rings (SSSR count). The van der Waals surface area contributed by atoms with Crippen molar-refractivity contribution in [1.29, 1.82) is 0 Å². The van der Waals surface area contributed by atoms with Gasteiger partial charge in [0.1, 0.15) is 5.75 Å². The van der Waals surface area contributed by atoms with Crippen LogP contribution in [0.1, 0.15) is 10.4 Å². The molecule has 0 spiro atoms. The van der Waals surface area contributed by atoms with Crippen LogP contribution in [0.25, 0.3) is 0 Å². The molecule has 0 atom stereocenters. The van der Waals surface area contributed by atoms with E-state index in [4.69, 9.17) is 16.3 Å². The van der Waals surface area contributed by atoms with Crippen LogP contribution in [-0.4, -0.2) is 20.8 Å². The number of para-hydroxylation sites is 1. The van der Waals surface area contributed by atoms with E-state index in [0.29, 0.717) is 11.3 Å². The first-order valence-electron chi connectivity index (χ1n) is 8.04. The van der Waals surface area contributed by atoms with Gasteiger partial charge in [-0.3, -0.25) is 9.52 Å². The maximum atomic E-state index is 12.5. The molecule has 0 aromatic heterocycles. The van der Waals surface area contributed by atoms with E-state index in [1.807, 2.05) is 6.07 Å². The number of ether oxygens (including phenoxy) is 1. The second kappa shape index (κ2) is 8.24. The van der Waals surface area contributed by atoms with Crippen molar-refractivity contribution in [3.8, 4) is 5.75 Å². The summed E-state index contributed by atoms with van der Waals surface area (Å²) in [4.78, 5) is 12.1. The molecule has 138 valence electrons. The summed E-state index contributed by atoms with van der Waals surface area (Å²) in [7, 11) is -3.78. The number of sulfonamides is 1. The number of anilines is 1. The predicted octanol–water partition coefficient (Wildman–Crippen LogP) is 4.40. The first kappa shape index (κ1) is 18.9. The second-order valence-electron chi connectivity index (χ2n) is 5.64. The van der Waals surface area contributed by atoms with E-state index in [1.165, 1.54) is 18.2 Å². The molecule has 1 N–H and O–H groups in total. The summed E-state index contributed by atoms with van der Waals surface area (Å²) >= 11 is 6.14. The molecule has 0 fully saturated rings. The molecule has 0 saturated carbocycles. The van der Waals surface area contributed by atoms with E-state index in [0.717, 1.165) is 0 Å². The molecule has 0 saturated heterocycles. The molecule has 0 aliphatic carbocycles. The van der Waals surface area contributed by atoms with Crippen LogP contribution in [0.3, 0.4) is 0 Å². The summed E-state index contributed by atoms with van der Waals surface area (Å²) in [6, 6.07) is 21.4. The largest absolute Gasteiger partial charge is 0.484 e. The maximum absolute atomic E-state index is 12.5. The van der Waals surface area contributed by atoms with Crippen LogP contribution in [0.5, 0.6) is 5.75 Å². The monoisotopic (exact) mass is 401 g/mol. The quantitative estimate of drug-likeness (QED) is 0.595. The van der Waals surface area contributed by atoms with Gasteiger partial charge in [-0.2, -0.15) is 0 Å². The standard InChI is InChI=1S/C20H16ClNO4S/c21-18-13-17(27(24,25)22-16-9-5-2-6-10-16)11-12-20(18)26-14-19(23)15-7-3-1-4-8-15/h1-13,22H,14H2. The van der Waals surface area contributed by atoms with Crippen LogP contribution in [0, 0.1) is 0 Å². The highest BCUT2D eigenvalue weighted by atomic mass is 35.5. The van der Waals surface area contributed by atoms with Gasteiger partial charge in [0.25, 0.3) is 10.0 Å². The van der Waals surface area contributed by atoms with Gasteiger partial charge in [0.05, 0.1) is 9.92 Å². The number of benzene rings is 3. The van der Waals surface area contributed by atoms with Crippen LogP contribution < -0.4 is 9.46 Å². The number of Topliss-reactive ketones (excluding diaryl/α,β-unsaturated/α-hetero) is 1. The van der Waals surface area contributed by atoms with Crippen LogP contribution in [-0.2, 0) is 10.0 Å². The van der Waals surface area contributed by atoms with Crippen molar-refractivity contribution < 1.29 is 17.9 Å². The average Bonchev–Trinajstić information content (AvgIpc) is 2.68. The molecule has 3 aromatic carbocycles. The Labute approximate surface area is 162 Å². The Bertz CT molecular complexity index is 1040. The third-order valence-electron chi connectivity index (χ3n) is 3.69. The highest BCUT2D eigenvalue weighted by Crippen LogP contribution is 2.28. The zero-order chi connectivity index (χ0) is 19.3. The predicted molar refractivity (Wildman–Crippen MR) is 105 cm³/mol. The lowest BCUT2D eigenvalue weighted by Crippen LogP contribution is -2.14. The van der Waals surface area contributed by atoms with E-state index in [-0.39, 0.29) is 28.1 Å². The van der Waals surface area contributed by atoms with E-state index >= 15 is 0 Å². The number of rotatable bonds is 7. The van der Waals surface area contributed by atoms with Gasteiger partial charge in [-0.15, -0.1) is 0 Å². The van der Waals surface area contributed by atoms with Crippen molar-refractivity contribution in [2.45, 2.75) is 4.90 Å². The van der Waals surface area contributed by atoms with Crippen molar-refractivity contribution in [2.75, 3.05) is 11.3 Å². The van der Waals surface area contributed by atoms with Crippen LogP contribution in [0.4, 0.5) is 5.69 Å². The number of halogens is 1. The highest BCUT2D eigenvalue weighted by molar-refractivity contribution is 7.92. The summed E-state index contributed by atoms with van der Waals surface area (Å²) in [5, 5.41) is 0.104. The van der Waals surface area contributed by atoms with Crippen LogP contribution >= 0.6 is 11.6 Å². The molecule has 0 bridgehead atoms. The summed E-state index contributed by atoms with van der Waals surface area (Å²) in [6.45, 7) is -0.196. The van der Waals surface area contributed by atoms with Crippen molar-refractivity contribution in [3.63, 3.8) is 0 Å². The van der Waals surface area contributed by atoms with Gasteiger partial charge in [0.15, 0.2) is 12.4 Å². The number of hydrogen-bond donors (Lipinski definition) is 1. The molecule has 0 heterocycles. The fraction of sp³-hybridized carbons (Fsp3) is 0.0500. The Morgan fingerprint density at radius 3 is 2.19 bits per heavy atom. The number of hydrogen-bond acceptors (Lipinski definition) is 4. The molecule has 5 nitrogen and oxygen atoms in total. The van der Waals surface area contributed by atoms with Gasteiger partial charge < -0.3 is 4.74 Å². The van der Waals surface area contributed by atoms with Gasteiger partial charge in [-0.1, -0.05) is 60.1 Å². The number of carbonyl (C=O) groups is 1. The lowest BCUT2D eigenvalue weighted by molar-refractivity contribution is 0.0921. The maximum Gasteiger partial charge on any atom is 0.261 e. The van der Waals surface area contributed by atoms with Gasteiger partial charge in [-0.25, -0.2) is 8.42 Å². The first-order chi connectivity index (χ1) is 13.0. The summed E-state index contributed by atoms with van der Waals surface area (Å²) in [6.07, 6.45) is 0. The van der Waals surface area contributed by atoms with Crippen LogP contribution in [0.2, 0.25) is 5.02 Å². The molecule has 7 heteroatoms. The summed E-state index contributed by atoms with van der Waals surface area (Å²) in [5.41, 5.74) is 0.974. The molecule has 0 unspecified atom stereocenters. The molecule has 0 radical (unpaired) electrons.